The van der Waals surface area contributed by atoms with Gasteiger partial charge in [0.05, 0.1) is 0 Å². The summed E-state index contributed by atoms with van der Waals surface area (Å²) >= 11 is 0. The molecule has 0 bridgehead atoms. The van der Waals surface area contributed by atoms with Crippen LogP contribution in [0.4, 0.5) is 0 Å². The van der Waals surface area contributed by atoms with Gasteiger partial charge in [0.15, 0.2) is 0 Å². The second-order valence-corrected chi connectivity index (χ2v) is 10.7. The molecule has 0 saturated carbocycles. The maximum absolute atomic E-state index is 6.87. The molecule has 28 heavy (non-hydrogen) atoms. The lowest BCUT2D eigenvalue weighted by Gasteiger charge is -2.37. The van der Waals surface area contributed by atoms with Crippen LogP contribution in [-0.2, 0) is 17.3 Å². The summed E-state index contributed by atoms with van der Waals surface area (Å²) in [7, 11) is 0. The number of hydrogen-bond acceptors (Lipinski definition) is 1. The highest BCUT2D eigenvalue weighted by Crippen LogP contribution is 2.42. The summed E-state index contributed by atoms with van der Waals surface area (Å²) in [4.78, 5) is 0. The van der Waals surface area contributed by atoms with Crippen molar-refractivity contribution in [3.63, 3.8) is 0 Å². The van der Waals surface area contributed by atoms with Gasteiger partial charge in [0, 0.05) is 11.5 Å². The van der Waals surface area contributed by atoms with Crippen molar-refractivity contribution in [2.45, 2.75) is 98.0 Å². The quantitative estimate of drug-likeness (QED) is 0.514. The highest BCUT2D eigenvalue weighted by atomic mass is 16.5. The Morgan fingerprint density at radius 2 is 1.39 bits per heavy atom. The van der Waals surface area contributed by atoms with Gasteiger partial charge < -0.3 is 4.74 Å². The van der Waals surface area contributed by atoms with Gasteiger partial charge in [-0.1, -0.05) is 97.9 Å². The molecule has 0 spiro atoms. The Morgan fingerprint density at radius 1 is 0.821 bits per heavy atom. The van der Waals surface area contributed by atoms with Gasteiger partial charge >= 0.3 is 0 Å². The van der Waals surface area contributed by atoms with Crippen molar-refractivity contribution in [1.82, 2.24) is 0 Å². The van der Waals surface area contributed by atoms with Crippen molar-refractivity contribution in [2.24, 2.45) is 0 Å². The molecule has 0 fully saturated rings. The lowest BCUT2D eigenvalue weighted by Crippen LogP contribution is -2.36. The first-order chi connectivity index (χ1) is 12.8. The fourth-order valence-corrected chi connectivity index (χ4v) is 3.56. The van der Waals surface area contributed by atoms with Crippen LogP contribution in [0, 0.1) is 0 Å². The number of benzene rings is 2. The molecule has 1 nitrogen and oxygen atoms in total. The first-order valence-electron chi connectivity index (χ1n) is 10.7. The zero-order valence-corrected chi connectivity index (χ0v) is 19.7. The van der Waals surface area contributed by atoms with E-state index in [9.17, 15) is 0 Å². The number of aryl methyl sites for hydroxylation is 1. The van der Waals surface area contributed by atoms with Gasteiger partial charge in [-0.3, -0.25) is 0 Å². The van der Waals surface area contributed by atoms with Gasteiger partial charge in [0.1, 0.15) is 11.4 Å². The lowest BCUT2D eigenvalue weighted by molar-refractivity contribution is 0.0803. The number of ether oxygens (including phenoxy) is 1. The third-order valence-corrected chi connectivity index (χ3v) is 5.93. The van der Waals surface area contributed by atoms with E-state index in [1.165, 1.54) is 22.3 Å². The minimum absolute atomic E-state index is 0.0204. The Kier molecular flexibility index (Phi) is 6.38. The van der Waals surface area contributed by atoms with E-state index >= 15 is 0 Å². The maximum atomic E-state index is 6.87. The first-order valence-corrected chi connectivity index (χ1v) is 10.7. The molecule has 0 aliphatic carbocycles. The summed E-state index contributed by atoms with van der Waals surface area (Å²) in [6.07, 6.45) is 0.970. The molecule has 1 heteroatoms. The van der Waals surface area contributed by atoms with Crippen molar-refractivity contribution in [2.75, 3.05) is 0 Å². The normalized spacial score (nSPS) is 14.1. The van der Waals surface area contributed by atoms with Gasteiger partial charge in [0.25, 0.3) is 0 Å². The topological polar surface area (TPSA) is 9.23 Å². The van der Waals surface area contributed by atoms with E-state index in [1.807, 2.05) is 0 Å². The lowest BCUT2D eigenvalue weighted by atomic mass is 9.78. The number of hydrogen-bond donors (Lipinski definition) is 0. The Bertz CT molecular complexity index is 785. The zero-order valence-electron chi connectivity index (χ0n) is 19.7. The van der Waals surface area contributed by atoms with Crippen LogP contribution < -0.4 is 4.74 Å². The molecule has 0 aromatic heterocycles. The third-order valence-electron chi connectivity index (χ3n) is 5.93. The monoisotopic (exact) mass is 380 g/mol. The molecule has 2 aromatic carbocycles. The summed E-state index contributed by atoms with van der Waals surface area (Å²) in [5.74, 6) is 1.37. The van der Waals surface area contributed by atoms with Crippen molar-refractivity contribution in [3.8, 4) is 5.75 Å². The smallest absolute Gasteiger partial charge is 0.127 e. The highest BCUT2D eigenvalue weighted by Gasteiger charge is 2.33. The van der Waals surface area contributed by atoms with Crippen molar-refractivity contribution in [3.05, 3.63) is 64.7 Å². The van der Waals surface area contributed by atoms with Crippen molar-refractivity contribution >= 4 is 0 Å². The predicted molar refractivity (Wildman–Crippen MR) is 123 cm³/mol. The standard InChI is InChI=1S/C27H40O/c1-11-20-17-22(25(3,4)5)18-23(26(6,7)8)24(20)28-27(9,10)19(2)21-15-13-12-14-16-21/h12-19H,11H2,1-10H3/t19-/m0/s1. The van der Waals surface area contributed by atoms with Crippen LogP contribution in [0.5, 0.6) is 5.75 Å². The molecule has 2 rings (SSSR count). The van der Waals surface area contributed by atoms with E-state index in [4.69, 9.17) is 4.74 Å². The fourth-order valence-electron chi connectivity index (χ4n) is 3.56. The van der Waals surface area contributed by atoms with Crippen LogP contribution >= 0.6 is 0 Å². The molecule has 0 saturated heterocycles. The molecule has 1 atom stereocenters. The van der Waals surface area contributed by atoms with Crippen LogP contribution in [0.2, 0.25) is 0 Å². The van der Waals surface area contributed by atoms with E-state index in [-0.39, 0.29) is 22.3 Å². The molecule has 154 valence electrons. The molecule has 0 aliphatic rings. The zero-order chi connectivity index (χ0) is 21.3. The molecule has 0 radical (unpaired) electrons. The summed E-state index contributed by atoms with van der Waals surface area (Å²) in [6, 6.07) is 15.4. The fraction of sp³-hybridized carbons (Fsp3) is 0.556. The SMILES string of the molecule is CCc1cc(C(C)(C)C)cc(C(C)(C)C)c1OC(C)(C)[C@@H](C)c1ccccc1. The Balaban J connectivity index is 2.57. The molecule has 0 heterocycles. The summed E-state index contributed by atoms with van der Waals surface area (Å²) in [5, 5.41) is 0. The van der Waals surface area contributed by atoms with E-state index < -0.39 is 0 Å². The van der Waals surface area contributed by atoms with Crippen molar-refractivity contribution < 1.29 is 4.74 Å². The first kappa shape index (κ1) is 22.5. The van der Waals surface area contributed by atoms with Crippen LogP contribution in [0.15, 0.2) is 42.5 Å². The van der Waals surface area contributed by atoms with Gasteiger partial charge in [-0.2, -0.15) is 0 Å². The van der Waals surface area contributed by atoms with Crippen molar-refractivity contribution in [1.29, 1.82) is 0 Å². The van der Waals surface area contributed by atoms with E-state index in [0.29, 0.717) is 0 Å². The average molecular weight is 381 g/mol. The Hall–Kier alpha value is -1.76. The third kappa shape index (κ3) is 4.99. The maximum Gasteiger partial charge on any atom is 0.127 e. The van der Waals surface area contributed by atoms with E-state index in [1.54, 1.807) is 0 Å². The molecule has 2 aromatic rings. The van der Waals surface area contributed by atoms with E-state index in [0.717, 1.165) is 12.2 Å². The second-order valence-electron chi connectivity index (χ2n) is 10.7. The largest absolute Gasteiger partial charge is 0.487 e. The Morgan fingerprint density at radius 3 is 1.86 bits per heavy atom. The van der Waals surface area contributed by atoms with Crippen LogP contribution in [0.1, 0.15) is 97.4 Å². The van der Waals surface area contributed by atoms with Gasteiger partial charge in [-0.05, 0) is 47.8 Å². The van der Waals surface area contributed by atoms with E-state index in [2.05, 4.69) is 112 Å². The minimum atomic E-state index is -0.311. The molecule has 0 unspecified atom stereocenters. The molecule has 0 amide bonds. The summed E-state index contributed by atoms with van der Waals surface area (Å²) in [6.45, 7) is 22.7. The highest BCUT2D eigenvalue weighted by molar-refractivity contribution is 5.50. The second kappa shape index (κ2) is 7.93. The van der Waals surface area contributed by atoms with Crippen LogP contribution in [0.3, 0.4) is 0 Å². The summed E-state index contributed by atoms with van der Waals surface area (Å²) in [5.41, 5.74) is 5.15. The van der Waals surface area contributed by atoms with Gasteiger partial charge in [-0.15, -0.1) is 0 Å². The van der Waals surface area contributed by atoms with Gasteiger partial charge in [0.2, 0.25) is 0 Å². The molecule has 0 N–H and O–H groups in total. The molecular weight excluding hydrogens is 340 g/mol. The summed E-state index contributed by atoms with van der Waals surface area (Å²) < 4.78 is 6.87. The minimum Gasteiger partial charge on any atom is -0.487 e. The van der Waals surface area contributed by atoms with Crippen LogP contribution in [0.25, 0.3) is 0 Å². The van der Waals surface area contributed by atoms with Crippen LogP contribution in [-0.4, -0.2) is 5.60 Å². The van der Waals surface area contributed by atoms with Gasteiger partial charge in [-0.25, -0.2) is 0 Å². The molecular formula is C27H40O. The average Bonchev–Trinajstić information content (AvgIpc) is 2.59. The number of rotatable bonds is 5. The Labute approximate surface area is 173 Å². The predicted octanol–water partition coefficient (Wildman–Crippen LogP) is 7.81. The molecule has 0 aliphatic heterocycles.